The number of rotatable bonds is 5. The van der Waals surface area contributed by atoms with Crippen LogP contribution in [0.5, 0.6) is 0 Å². The maximum absolute atomic E-state index is 5.68. The van der Waals surface area contributed by atoms with Crippen LogP contribution in [0, 0.1) is 0 Å². The fourth-order valence-electron chi connectivity index (χ4n) is 2.43. The summed E-state index contributed by atoms with van der Waals surface area (Å²) in [5, 5.41) is 4.54. The maximum Gasteiger partial charge on any atom is 0.0649 e. The zero-order valence-corrected chi connectivity index (χ0v) is 12.1. The molecule has 102 valence electrons. The summed E-state index contributed by atoms with van der Waals surface area (Å²) in [6.45, 7) is 7.24. The lowest BCUT2D eigenvalue weighted by Gasteiger charge is -2.13. The first-order valence-corrected chi connectivity index (χ1v) is 7.03. The highest BCUT2D eigenvalue weighted by molar-refractivity contribution is 5.38. The third kappa shape index (κ3) is 2.87. The van der Waals surface area contributed by atoms with Crippen LogP contribution in [0.15, 0.2) is 30.5 Å². The molecule has 2 N–H and O–H groups in total. The highest BCUT2D eigenvalue weighted by Gasteiger charge is 2.14. The Balaban J connectivity index is 2.42. The van der Waals surface area contributed by atoms with Crippen molar-refractivity contribution < 1.29 is 0 Å². The molecule has 0 amide bonds. The lowest BCUT2D eigenvalue weighted by Crippen LogP contribution is -2.08. The average molecular weight is 257 g/mol. The van der Waals surface area contributed by atoms with Crippen molar-refractivity contribution in [2.24, 2.45) is 5.73 Å². The maximum atomic E-state index is 5.68. The van der Waals surface area contributed by atoms with Crippen LogP contribution in [0.4, 0.5) is 0 Å². The molecule has 0 saturated carbocycles. The van der Waals surface area contributed by atoms with Gasteiger partial charge in [0.2, 0.25) is 0 Å². The smallest absolute Gasteiger partial charge is 0.0649 e. The highest BCUT2D eigenvalue weighted by Crippen LogP contribution is 2.23. The molecule has 0 spiro atoms. The Bertz CT molecular complexity index is 523. The second-order valence-corrected chi connectivity index (χ2v) is 5.18. The minimum absolute atomic E-state index is 0.440. The molecular weight excluding hydrogens is 234 g/mol. The lowest BCUT2D eigenvalue weighted by atomic mass is 10.0. The number of nitrogens with zero attached hydrogens (tertiary/aromatic N) is 2. The van der Waals surface area contributed by atoms with E-state index in [0.717, 1.165) is 18.5 Å². The molecule has 1 aromatic carbocycles. The zero-order valence-electron chi connectivity index (χ0n) is 12.1. The Kier molecular flexibility index (Phi) is 4.38. The van der Waals surface area contributed by atoms with E-state index in [-0.39, 0.29) is 0 Å². The summed E-state index contributed by atoms with van der Waals surface area (Å²) >= 11 is 0. The topological polar surface area (TPSA) is 43.8 Å². The molecule has 2 rings (SSSR count). The number of aryl methyl sites for hydroxylation is 1. The number of benzene rings is 1. The third-order valence-electron chi connectivity index (χ3n) is 3.44. The lowest BCUT2D eigenvalue weighted by molar-refractivity contribution is 0.724. The second-order valence-electron chi connectivity index (χ2n) is 5.18. The Morgan fingerprint density at radius 2 is 1.89 bits per heavy atom. The van der Waals surface area contributed by atoms with Crippen LogP contribution in [0.2, 0.25) is 0 Å². The monoisotopic (exact) mass is 257 g/mol. The van der Waals surface area contributed by atoms with Gasteiger partial charge in [0, 0.05) is 0 Å². The quantitative estimate of drug-likeness (QED) is 0.894. The van der Waals surface area contributed by atoms with Gasteiger partial charge in [0.05, 0.1) is 17.6 Å². The zero-order chi connectivity index (χ0) is 13.8. The predicted octanol–water partition coefficient (Wildman–Crippen LogP) is 3.06. The van der Waals surface area contributed by atoms with Crippen molar-refractivity contribution in [2.45, 2.75) is 39.5 Å². The van der Waals surface area contributed by atoms with Crippen molar-refractivity contribution in [3.05, 3.63) is 47.3 Å². The summed E-state index contributed by atoms with van der Waals surface area (Å²) in [6.07, 6.45) is 3.91. The van der Waals surface area contributed by atoms with Crippen LogP contribution < -0.4 is 5.73 Å². The minimum Gasteiger partial charge on any atom is -0.330 e. The predicted molar refractivity (Wildman–Crippen MR) is 79.8 cm³/mol. The van der Waals surface area contributed by atoms with E-state index in [1.807, 2.05) is 6.20 Å². The summed E-state index contributed by atoms with van der Waals surface area (Å²) < 4.78 is 2.05. The van der Waals surface area contributed by atoms with Gasteiger partial charge >= 0.3 is 0 Å². The van der Waals surface area contributed by atoms with Gasteiger partial charge in [0.25, 0.3) is 0 Å². The molecule has 19 heavy (non-hydrogen) atoms. The van der Waals surface area contributed by atoms with Crippen LogP contribution in [0.3, 0.4) is 0 Å². The first-order chi connectivity index (χ1) is 9.17. The van der Waals surface area contributed by atoms with Crippen LogP contribution in [0.25, 0.3) is 5.69 Å². The molecular formula is C16H23N3. The molecule has 2 aromatic rings. The van der Waals surface area contributed by atoms with E-state index in [4.69, 9.17) is 5.73 Å². The van der Waals surface area contributed by atoms with E-state index < -0.39 is 0 Å². The van der Waals surface area contributed by atoms with Crippen molar-refractivity contribution in [3.63, 3.8) is 0 Å². The fourth-order valence-corrected chi connectivity index (χ4v) is 2.43. The molecule has 0 aliphatic carbocycles. The van der Waals surface area contributed by atoms with Gasteiger partial charge in [-0.3, -0.25) is 0 Å². The third-order valence-corrected chi connectivity index (χ3v) is 3.44. The number of hydrogen-bond donors (Lipinski definition) is 1. The Hall–Kier alpha value is -1.61. The minimum atomic E-state index is 0.440. The molecule has 0 unspecified atom stereocenters. The van der Waals surface area contributed by atoms with Gasteiger partial charge in [-0.1, -0.05) is 32.9 Å². The van der Waals surface area contributed by atoms with E-state index in [2.05, 4.69) is 54.8 Å². The van der Waals surface area contributed by atoms with Gasteiger partial charge in [0.15, 0.2) is 0 Å². The summed E-state index contributed by atoms with van der Waals surface area (Å²) in [5.74, 6) is 0.440. The molecule has 3 nitrogen and oxygen atoms in total. The van der Waals surface area contributed by atoms with Gasteiger partial charge in [-0.2, -0.15) is 5.10 Å². The van der Waals surface area contributed by atoms with Crippen molar-refractivity contribution >= 4 is 0 Å². The number of aromatic nitrogens is 2. The molecule has 0 bridgehead atoms. The number of hydrogen-bond acceptors (Lipinski definition) is 2. The molecule has 3 heteroatoms. The molecule has 0 radical (unpaired) electrons. The molecule has 1 aromatic heterocycles. The molecule has 0 fully saturated rings. The van der Waals surface area contributed by atoms with Gasteiger partial charge in [-0.25, -0.2) is 4.68 Å². The first kappa shape index (κ1) is 13.8. The SMILES string of the molecule is CCc1ccc(-n2ncc(CCN)c2C(C)C)cc1. The number of nitrogens with two attached hydrogens (primary N) is 1. The van der Waals surface area contributed by atoms with Crippen molar-refractivity contribution in [1.29, 1.82) is 0 Å². The van der Waals surface area contributed by atoms with Gasteiger partial charge in [0.1, 0.15) is 0 Å². The first-order valence-electron chi connectivity index (χ1n) is 7.03. The fraction of sp³-hybridized carbons (Fsp3) is 0.438. The Morgan fingerprint density at radius 1 is 1.21 bits per heavy atom. The van der Waals surface area contributed by atoms with Crippen molar-refractivity contribution in [1.82, 2.24) is 9.78 Å². The molecule has 1 heterocycles. The van der Waals surface area contributed by atoms with Crippen LogP contribution in [0.1, 0.15) is 43.5 Å². The van der Waals surface area contributed by atoms with Gasteiger partial charge in [-0.15, -0.1) is 0 Å². The van der Waals surface area contributed by atoms with Crippen LogP contribution in [-0.4, -0.2) is 16.3 Å². The van der Waals surface area contributed by atoms with E-state index in [1.54, 1.807) is 0 Å². The summed E-state index contributed by atoms with van der Waals surface area (Å²) in [6, 6.07) is 8.63. The molecule has 0 aliphatic heterocycles. The molecule has 0 atom stereocenters. The van der Waals surface area contributed by atoms with E-state index in [9.17, 15) is 0 Å². The van der Waals surface area contributed by atoms with Crippen LogP contribution >= 0.6 is 0 Å². The second kappa shape index (κ2) is 6.02. The largest absolute Gasteiger partial charge is 0.330 e. The molecule has 0 aliphatic rings. The van der Waals surface area contributed by atoms with Crippen molar-refractivity contribution in [2.75, 3.05) is 6.54 Å². The van der Waals surface area contributed by atoms with Crippen molar-refractivity contribution in [3.8, 4) is 5.69 Å². The standard InChI is InChI=1S/C16H23N3/c1-4-13-5-7-15(8-6-13)19-16(12(2)3)14(9-10-17)11-18-19/h5-8,11-12H,4,9-10,17H2,1-3H3. The normalized spacial score (nSPS) is 11.2. The van der Waals surface area contributed by atoms with Crippen LogP contribution in [-0.2, 0) is 12.8 Å². The summed E-state index contributed by atoms with van der Waals surface area (Å²) in [5.41, 5.74) is 10.7. The Morgan fingerprint density at radius 3 is 2.42 bits per heavy atom. The highest BCUT2D eigenvalue weighted by atomic mass is 15.3. The van der Waals surface area contributed by atoms with E-state index >= 15 is 0 Å². The average Bonchev–Trinajstić information content (AvgIpc) is 2.83. The van der Waals surface area contributed by atoms with E-state index in [1.165, 1.54) is 16.8 Å². The summed E-state index contributed by atoms with van der Waals surface area (Å²) in [4.78, 5) is 0. The molecule has 0 saturated heterocycles. The van der Waals surface area contributed by atoms with Gasteiger partial charge in [-0.05, 0) is 48.6 Å². The summed E-state index contributed by atoms with van der Waals surface area (Å²) in [7, 11) is 0. The van der Waals surface area contributed by atoms with E-state index in [0.29, 0.717) is 12.5 Å². The van der Waals surface area contributed by atoms with Gasteiger partial charge < -0.3 is 5.73 Å². The Labute approximate surface area is 115 Å².